The van der Waals surface area contributed by atoms with Crippen LogP contribution in [0, 0.1) is 0 Å². The van der Waals surface area contributed by atoms with Crippen molar-refractivity contribution < 1.29 is 18.3 Å². The van der Waals surface area contributed by atoms with Crippen molar-refractivity contribution in [2.24, 2.45) is 0 Å². The molecule has 0 amide bonds. The highest BCUT2D eigenvalue weighted by molar-refractivity contribution is 6.07. The van der Waals surface area contributed by atoms with Crippen LogP contribution in [0.2, 0.25) is 0 Å². The summed E-state index contributed by atoms with van der Waals surface area (Å²) in [4.78, 5) is 11.5. The van der Waals surface area contributed by atoms with Gasteiger partial charge in [0.05, 0.1) is 36.0 Å². The van der Waals surface area contributed by atoms with Gasteiger partial charge in [0.1, 0.15) is 17.9 Å². The molecule has 0 saturated heterocycles. The third-order valence-electron chi connectivity index (χ3n) is 3.29. The summed E-state index contributed by atoms with van der Waals surface area (Å²) in [7, 11) is 1.57. The van der Waals surface area contributed by atoms with Gasteiger partial charge in [-0.1, -0.05) is 0 Å². The average molecular weight is 300 g/mol. The fraction of sp³-hybridized carbons (Fsp3) is 0.235. The number of ether oxygens (including phenoxy) is 2. The summed E-state index contributed by atoms with van der Waals surface area (Å²) in [5, 5.41) is 1.44. The molecule has 0 radical (unpaired) electrons. The summed E-state index contributed by atoms with van der Waals surface area (Å²) in [5.41, 5.74) is 2.48. The van der Waals surface area contributed by atoms with Gasteiger partial charge < -0.3 is 18.3 Å². The molecule has 0 aliphatic rings. The Balaban J connectivity index is 2.28. The number of benzene rings is 1. The van der Waals surface area contributed by atoms with E-state index in [1.54, 1.807) is 31.8 Å². The van der Waals surface area contributed by atoms with Crippen LogP contribution in [0.5, 0.6) is 5.75 Å². The number of fused-ring (bicyclic) bond motifs is 3. The van der Waals surface area contributed by atoms with Gasteiger partial charge in [-0.25, -0.2) is 4.79 Å². The second kappa shape index (κ2) is 5.60. The molecule has 5 heteroatoms. The fourth-order valence-electron chi connectivity index (χ4n) is 2.44. The molecule has 0 bridgehead atoms. The van der Waals surface area contributed by atoms with E-state index in [1.807, 2.05) is 13.8 Å². The van der Waals surface area contributed by atoms with Crippen molar-refractivity contribution in [3.8, 4) is 5.75 Å². The van der Waals surface area contributed by atoms with E-state index in [2.05, 4.69) is 0 Å². The molecule has 3 rings (SSSR count). The minimum absolute atomic E-state index is 0.299. The van der Waals surface area contributed by atoms with Crippen LogP contribution in [-0.4, -0.2) is 7.11 Å². The summed E-state index contributed by atoms with van der Waals surface area (Å²) in [6.07, 6.45) is 3.24. The Hall–Kier alpha value is -2.69. The number of furan rings is 1. The number of hydrogen-bond acceptors (Lipinski definition) is 5. The van der Waals surface area contributed by atoms with E-state index in [1.165, 1.54) is 6.07 Å². The minimum Gasteiger partial charge on any atom is -0.496 e. The van der Waals surface area contributed by atoms with E-state index >= 15 is 0 Å². The maximum Gasteiger partial charge on any atom is 0.336 e. The molecule has 114 valence electrons. The van der Waals surface area contributed by atoms with E-state index in [0.717, 1.165) is 16.5 Å². The molecule has 2 heterocycles. The quantitative estimate of drug-likeness (QED) is 0.538. The van der Waals surface area contributed by atoms with Crippen LogP contribution in [0.3, 0.4) is 0 Å². The van der Waals surface area contributed by atoms with Crippen LogP contribution >= 0.6 is 0 Å². The first-order chi connectivity index (χ1) is 10.6. The molecule has 1 aromatic carbocycles. The third-order valence-corrected chi connectivity index (χ3v) is 3.29. The van der Waals surface area contributed by atoms with Crippen molar-refractivity contribution in [3.63, 3.8) is 0 Å². The Morgan fingerprint density at radius 3 is 2.73 bits per heavy atom. The first-order valence-corrected chi connectivity index (χ1v) is 6.86. The number of methoxy groups -OCH3 is 1. The lowest BCUT2D eigenvalue weighted by molar-refractivity contribution is 0.229. The van der Waals surface area contributed by atoms with Crippen molar-refractivity contribution in [3.05, 3.63) is 52.3 Å². The highest BCUT2D eigenvalue weighted by Gasteiger charge is 2.19. The molecule has 0 N–H and O–H groups in total. The Labute approximate surface area is 126 Å². The Bertz CT molecular complexity index is 910. The minimum atomic E-state index is -0.411. The lowest BCUT2D eigenvalue weighted by atomic mass is 10.1. The predicted octanol–water partition coefficient (Wildman–Crippen LogP) is 3.99. The van der Waals surface area contributed by atoms with Crippen molar-refractivity contribution in [1.29, 1.82) is 0 Å². The number of allylic oxidation sites excluding steroid dienone is 1. The molecule has 0 fully saturated rings. The van der Waals surface area contributed by atoms with Gasteiger partial charge in [-0.05, 0) is 31.6 Å². The van der Waals surface area contributed by atoms with Gasteiger partial charge in [0, 0.05) is 6.07 Å². The molecule has 3 aromatic rings. The molecule has 0 aliphatic carbocycles. The molecule has 0 atom stereocenters. The van der Waals surface area contributed by atoms with Gasteiger partial charge in [-0.15, -0.1) is 0 Å². The summed E-state index contributed by atoms with van der Waals surface area (Å²) in [5.74, 6) is 0.586. The zero-order valence-corrected chi connectivity index (χ0v) is 12.6. The zero-order valence-electron chi connectivity index (χ0n) is 12.6. The molecule has 0 aliphatic heterocycles. The van der Waals surface area contributed by atoms with Crippen LogP contribution in [0.25, 0.3) is 21.9 Å². The SMILES string of the molecule is COc1c(COC=C(C)C)c2occc2c2oc(=O)ccc12. The maximum absolute atomic E-state index is 11.5. The van der Waals surface area contributed by atoms with E-state index in [4.69, 9.17) is 18.3 Å². The van der Waals surface area contributed by atoms with Gasteiger partial charge in [0.2, 0.25) is 0 Å². The standard InChI is InChI=1S/C17H16O5/c1-10(2)8-20-9-13-15(19-3)11-4-5-14(18)22-17(11)12-6-7-21-16(12)13/h4-8H,9H2,1-3H3. The Kier molecular flexibility index (Phi) is 3.63. The first-order valence-electron chi connectivity index (χ1n) is 6.86. The van der Waals surface area contributed by atoms with Crippen LogP contribution in [0.15, 0.2) is 49.9 Å². The number of rotatable bonds is 4. The van der Waals surface area contributed by atoms with E-state index in [9.17, 15) is 4.79 Å². The van der Waals surface area contributed by atoms with Gasteiger partial charge in [0.25, 0.3) is 0 Å². The molecule has 0 unspecified atom stereocenters. The zero-order chi connectivity index (χ0) is 15.7. The molecule has 2 aromatic heterocycles. The summed E-state index contributed by atoms with van der Waals surface area (Å²) in [6.45, 7) is 4.21. The molecule has 5 nitrogen and oxygen atoms in total. The van der Waals surface area contributed by atoms with E-state index in [-0.39, 0.29) is 0 Å². The molecular formula is C17H16O5. The molecule has 0 spiro atoms. The average Bonchev–Trinajstić information content (AvgIpc) is 2.96. The van der Waals surface area contributed by atoms with Crippen molar-refractivity contribution >= 4 is 21.9 Å². The largest absolute Gasteiger partial charge is 0.496 e. The highest BCUT2D eigenvalue weighted by atomic mass is 16.5. The molecule has 22 heavy (non-hydrogen) atoms. The van der Waals surface area contributed by atoms with Crippen molar-refractivity contribution in [2.75, 3.05) is 7.11 Å². The monoisotopic (exact) mass is 300 g/mol. The third kappa shape index (κ3) is 2.35. The summed E-state index contributed by atoms with van der Waals surface area (Å²) in [6, 6.07) is 4.83. The van der Waals surface area contributed by atoms with Crippen LogP contribution in [0.1, 0.15) is 19.4 Å². The van der Waals surface area contributed by atoms with E-state index < -0.39 is 5.63 Å². The van der Waals surface area contributed by atoms with Gasteiger partial charge in [0.15, 0.2) is 5.58 Å². The number of hydrogen-bond donors (Lipinski definition) is 0. The fourth-order valence-corrected chi connectivity index (χ4v) is 2.44. The Morgan fingerprint density at radius 1 is 1.18 bits per heavy atom. The smallest absolute Gasteiger partial charge is 0.336 e. The lowest BCUT2D eigenvalue weighted by Crippen LogP contribution is -2.00. The predicted molar refractivity (Wildman–Crippen MR) is 83.0 cm³/mol. The second-order valence-electron chi connectivity index (χ2n) is 5.18. The van der Waals surface area contributed by atoms with Crippen LogP contribution in [-0.2, 0) is 11.3 Å². The first kappa shape index (κ1) is 14.3. The Morgan fingerprint density at radius 2 is 2.00 bits per heavy atom. The van der Waals surface area contributed by atoms with Gasteiger partial charge in [-0.3, -0.25) is 0 Å². The molecular weight excluding hydrogens is 284 g/mol. The summed E-state index contributed by atoms with van der Waals surface area (Å²) >= 11 is 0. The highest BCUT2D eigenvalue weighted by Crippen LogP contribution is 2.38. The van der Waals surface area contributed by atoms with Crippen molar-refractivity contribution in [1.82, 2.24) is 0 Å². The second-order valence-corrected chi connectivity index (χ2v) is 5.18. The van der Waals surface area contributed by atoms with Crippen LogP contribution < -0.4 is 10.4 Å². The van der Waals surface area contributed by atoms with Gasteiger partial charge >= 0.3 is 5.63 Å². The maximum atomic E-state index is 11.5. The molecule has 0 saturated carbocycles. The summed E-state index contributed by atoms with van der Waals surface area (Å²) < 4.78 is 22.0. The normalized spacial score (nSPS) is 10.9. The lowest BCUT2D eigenvalue weighted by Gasteiger charge is -2.12. The van der Waals surface area contributed by atoms with Gasteiger partial charge in [-0.2, -0.15) is 0 Å². The van der Waals surface area contributed by atoms with E-state index in [0.29, 0.717) is 28.9 Å². The van der Waals surface area contributed by atoms with Crippen molar-refractivity contribution in [2.45, 2.75) is 20.5 Å². The van der Waals surface area contributed by atoms with Crippen LogP contribution in [0.4, 0.5) is 0 Å². The topological polar surface area (TPSA) is 61.8 Å².